The van der Waals surface area contributed by atoms with E-state index < -0.39 is 0 Å². The highest BCUT2D eigenvalue weighted by Gasteiger charge is 2.01. The first-order chi connectivity index (χ1) is 8.31. The van der Waals surface area contributed by atoms with Crippen molar-refractivity contribution in [3.8, 4) is 0 Å². The van der Waals surface area contributed by atoms with Crippen molar-refractivity contribution in [2.45, 2.75) is 89.2 Å². The highest BCUT2D eigenvalue weighted by atomic mass is 35.5. The summed E-state index contributed by atoms with van der Waals surface area (Å²) in [7, 11) is 0. The van der Waals surface area contributed by atoms with E-state index in [1.54, 1.807) is 0 Å². The lowest BCUT2D eigenvalue weighted by Gasteiger charge is -2.09. The van der Waals surface area contributed by atoms with E-state index in [0.29, 0.717) is 5.25 Å². The zero-order chi connectivity index (χ0) is 12.8. The quantitative estimate of drug-likeness (QED) is 0.231. The van der Waals surface area contributed by atoms with Gasteiger partial charge >= 0.3 is 0 Å². The number of halogens is 1. The molecular weight excluding hydrogens is 248 g/mol. The summed E-state index contributed by atoms with van der Waals surface area (Å²) in [5.74, 6) is 0.787. The Morgan fingerprint density at radius 2 is 1.24 bits per heavy atom. The standard InChI is InChI=1S/C15H31ClS/c1-2-3-4-5-6-7-8-9-10-12-15(17)13-11-14-16/h15,17H,2-14H2,1H3. The van der Waals surface area contributed by atoms with Gasteiger partial charge in [-0.25, -0.2) is 0 Å². The number of hydrogen-bond donors (Lipinski definition) is 1. The molecule has 0 saturated carbocycles. The van der Waals surface area contributed by atoms with Gasteiger partial charge < -0.3 is 0 Å². The first kappa shape index (κ1) is 17.6. The lowest BCUT2D eigenvalue weighted by atomic mass is 10.0. The van der Waals surface area contributed by atoms with E-state index in [1.807, 2.05) is 0 Å². The molecular formula is C15H31ClS. The van der Waals surface area contributed by atoms with Crippen LogP contribution < -0.4 is 0 Å². The van der Waals surface area contributed by atoms with Gasteiger partial charge in [-0.05, 0) is 19.3 Å². The topological polar surface area (TPSA) is 0 Å². The molecule has 17 heavy (non-hydrogen) atoms. The van der Waals surface area contributed by atoms with E-state index >= 15 is 0 Å². The van der Waals surface area contributed by atoms with Crippen molar-refractivity contribution in [2.75, 3.05) is 5.88 Å². The molecule has 1 atom stereocenters. The lowest BCUT2D eigenvalue weighted by Crippen LogP contribution is -1.98. The van der Waals surface area contributed by atoms with Crippen LogP contribution in [0.5, 0.6) is 0 Å². The molecule has 1 unspecified atom stereocenters. The summed E-state index contributed by atoms with van der Waals surface area (Å²) in [6, 6.07) is 0. The molecule has 0 fully saturated rings. The Morgan fingerprint density at radius 1 is 0.765 bits per heavy atom. The second-order valence-corrected chi connectivity index (χ2v) is 6.21. The molecule has 0 radical (unpaired) electrons. The third kappa shape index (κ3) is 14.6. The molecule has 0 aliphatic rings. The number of unbranched alkanes of at least 4 members (excludes halogenated alkanes) is 8. The Morgan fingerprint density at radius 3 is 1.76 bits per heavy atom. The minimum absolute atomic E-state index is 0.582. The molecule has 0 saturated heterocycles. The van der Waals surface area contributed by atoms with Gasteiger partial charge in [0.05, 0.1) is 0 Å². The highest BCUT2D eigenvalue weighted by molar-refractivity contribution is 7.80. The van der Waals surface area contributed by atoms with Crippen LogP contribution in [0.25, 0.3) is 0 Å². The maximum absolute atomic E-state index is 5.67. The average Bonchev–Trinajstić information content (AvgIpc) is 2.34. The summed E-state index contributed by atoms with van der Waals surface area (Å²) in [6.07, 6.45) is 16.3. The third-order valence-electron chi connectivity index (χ3n) is 3.31. The normalized spacial score (nSPS) is 12.9. The Hall–Kier alpha value is 0.640. The lowest BCUT2D eigenvalue weighted by molar-refractivity contribution is 0.547. The van der Waals surface area contributed by atoms with E-state index in [9.17, 15) is 0 Å². The fraction of sp³-hybridized carbons (Fsp3) is 1.00. The summed E-state index contributed by atoms with van der Waals surface area (Å²) in [6.45, 7) is 2.28. The van der Waals surface area contributed by atoms with Crippen molar-refractivity contribution in [3.05, 3.63) is 0 Å². The van der Waals surface area contributed by atoms with Gasteiger partial charge in [0.15, 0.2) is 0 Å². The SMILES string of the molecule is CCCCCCCCCCCC(S)CCCCl. The predicted octanol–water partition coefficient (Wildman–Crippen LogP) is 6.22. The van der Waals surface area contributed by atoms with Crippen LogP contribution in [-0.2, 0) is 0 Å². The zero-order valence-corrected chi connectivity index (χ0v) is 13.2. The van der Waals surface area contributed by atoms with Gasteiger partial charge in [0.1, 0.15) is 0 Å². The van der Waals surface area contributed by atoms with Gasteiger partial charge in [-0.15, -0.1) is 11.6 Å². The number of rotatable bonds is 13. The molecule has 104 valence electrons. The molecule has 0 nitrogen and oxygen atoms in total. The van der Waals surface area contributed by atoms with E-state index in [4.69, 9.17) is 11.6 Å². The molecule has 0 aliphatic heterocycles. The second kappa shape index (κ2) is 14.7. The summed E-state index contributed by atoms with van der Waals surface area (Å²) in [5, 5.41) is 0.582. The van der Waals surface area contributed by atoms with Crippen LogP contribution in [0, 0.1) is 0 Å². The van der Waals surface area contributed by atoms with Crippen LogP contribution in [0.1, 0.15) is 84.0 Å². The van der Waals surface area contributed by atoms with Crippen LogP contribution in [0.4, 0.5) is 0 Å². The molecule has 0 aromatic carbocycles. The maximum Gasteiger partial charge on any atom is 0.0223 e. The average molecular weight is 279 g/mol. The van der Waals surface area contributed by atoms with E-state index in [-0.39, 0.29) is 0 Å². The summed E-state index contributed by atoms with van der Waals surface area (Å²) < 4.78 is 0. The Kier molecular flexibility index (Phi) is 15.3. The number of alkyl halides is 1. The fourth-order valence-electron chi connectivity index (χ4n) is 2.15. The van der Waals surface area contributed by atoms with E-state index in [1.165, 1.54) is 70.6 Å². The van der Waals surface area contributed by atoms with Gasteiger partial charge in [0.25, 0.3) is 0 Å². The van der Waals surface area contributed by atoms with Crippen molar-refractivity contribution in [1.29, 1.82) is 0 Å². The Balaban J connectivity index is 3.02. The minimum atomic E-state index is 0.582. The van der Waals surface area contributed by atoms with Crippen molar-refractivity contribution in [1.82, 2.24) is 0 Å². The van der Waals surface area contributed by atoms with Crippen molar-refractivity contribution in [3.63, 3.8) is 0 Å². The first-order valence-corrected chi connectivity index (χ1v) is 8.60. The van der Waals surface area contributed by atoms with Gasteiger partial charge in [0.2, 0.25) is 0 Å². The van der Waals surface area contributed by atoms with Gasteiger partial charge in [-0.3, -0.25) is 0 Å². The van der Waals surface area contributed by atoms with Gasteiger partial charge in [0, 0.05) is 11.1 Å². The monoisotopic (exact) mass is 278 g/mol. The molecule has 0 rings (SSSR count). The van der Waals surface area contributed by atoms with Crippen LogP contribution >= 0.6 is 24.2 Å². The summed E-state index contributed by atoms with van der Waals surface area (Å²) in [4.78, 5) is 0. The summed E-state index contributed by atoms with van der Waals surface area (Å²) >= 11 is 10.3. The molecule has 0 bridgehead atoms. The minimum Gasteiger partial charge on any atom is -0.176 e. The zero-order valence-electron chi connectivity index (χ0n) is 11.6. The molecule has 0 spiro atoms. The van der Waals surface area contributed by atoms with Crippen LogP contribution in [0.3, 0.4) is 0 Å². The molecule has 0 amide bonds. The highest BCUT2D eigenvalue weighted by Crippen LogP contribution is 2.16. The predicted molar refractivity (Wildman–Crippen MR) is 84.6 cm³/mol. The van der Waals surface area contributed by atoms with E-state index in [0.717, 1.165) is 12.3 Å². The van der Waals surface area contributed by atoms with Crippen molar-refractivity contribution < 1.29 is 0 Å². The van der Waals surface area contributed by atoms with Crippen LogP contribution in [-0.4, -0.2) is 11.1 Å². The summed E-state index contributed by atoms with van der Waals surface area (Å²) in [5.41, 5.74) is 0. The molecule has 0 aromatic rings. The van der Waals surface area contributed by atoms with Crippen molar-refractivity contribution in [2.24, 2.45) is 0 Å². The first-order valence-electron chi connectivity index (χ1n) is 7.55. The molecule has 0 aromatic heterocycles. The second-order valence-electron chi connectivity index (χ2n) is 5.10. The number of thiol groups is 1. The molecule has 0 heterocycles. The Bertz CT molecular complexity index is 139. The van der Waals surface area contributed by atoms with Crippen LogP contribution in [0.15, 0.2) is 0 Å². The largest absolute Gasteiger partial charge is 0.176 e. The van der Waals surface area contributed by atoms with Gasteiger partial charge in [-0.1, -0.05) is 64.7 Å². The van der Waals surface area contributed by atoms with Gasteiger partial charge in [-0.2, -0.15) is 12.6 Å². The molecule has 0 N–H and O–H groups in total. The maximum atomic E-state index is 5.67. The van der Waals surface area contributed by atoms with Crippen LogP contribution in [0.2, 0.25) is 0 Å². The van der Waals surface area contributed by atoms with Crippen molar-refractivity contribution >= 4 is 24.2 Å². The number of hydrogen-bond acceptors (Lipinski definition) is 1. The molecule has 2 heteroatoms. The van der Waals surface area contributed by atoms with E-state index in [2.05, 4.69) is 19.6 Å². The smallest absolute Gasteiger partial charge is 0.0223 e. The Labute approximate surface area is 119 Å². The fourth-order valence-corrected chi connectivity index (χ4v) is 2.67. The molecule has 0 aliphatic carbocycles. The third-order valence-corrected chi connectivity index (χ3v) is 4.10.